The van der Waals surface area contributed by atoms with Gasteiger partial charge in [0.2, 0.25) is 0 Å². The molecule has 34 heavy (non-hydrogen) atoms. The van der Waals surface area contributed by atoms with Gasteiger partial charge in [-0.1, -0.05) is 0 Å². The number of nitrogens with zero attached hydrogens (tertiary/aromatic N) is 4. The second kappa shape index (κ2) is 10.0. The van der Waals surface area contributed by atoms with Gasteiger partial charge in [0.15, 0.2) is 5.65 Å². The first kappa shape index (κ1) is 22.0. The van der Waals surface area contributed by atoms with E-state index >= 15 is 0 Å². The Balaban J connectivity index is 1.27. The van der Waals surface area contributed by atoms with Gasteiger partial charge in [-0.25, -0.2) is 9.97 Å². The maximum Gasteiger partial charge on any atom is 0.258 e. The lowest BCUT2D eigenvalue weighted by molar-refractivity contribution is 0.102. The number of imidazole rings is 1. The van der Waals surface area contributed by atoms with Crippen molar-refractivity contribution in [2.45, 2.75) is 26.2 Å². The van der Waals surface area contributed by atoms with E-state index in [1.165, 1.54) is 25.9 Å². The molecule has 8 nitrogen and oxygen atoms in total. The molecule has 1 aromatic carbocycles. The molecule has 0 bridgehead atoms. The van der Waals surface area contributed by atoms with Crippen LogP contribution in [0.3, 0.4) is 0 Å². The molecule has 0 radical (unpaired) electrons. The predicted octanol–water partition coefficient (Wildman–Crippen LogP) is 4.48. The number of aryl methyl sites for hydroxylation is 1. The number of pyridine rings is 2. The van der Waals surface area contributed by atoms with E-state index < -0.39 is 0 Å². The summed E-state index contributed by atoms with van der Waals surface area (Å²) in [7, 11) is 0. The molecule has 0 saturated carbocycles. The lowest BCUT2D eigenvalue weighted by Crippen LogP contribution is -2.22. The zero-order chi connectivity index (χ0) is 23.3. The molecule has 0 spiro atoms. The van der Waals surface area contributed by atoms with E-state index in [4.69, 9.17) is 0 Å². The highest BCUT2D eigenvalue weighted by atomic mass is 16.1. The lowest BCUT2D eigenvalue weighted by Gasteiger charge is -2.14. The summed E-state index contributed by atoms with van der Waals surface area (Å²) >= 11 is 0. The van der Waals surface area contributed by atoms with Crippen molar-refractivity contribution >= 4 is 28.4 Å². The predicted molar refractivity (Wildman–Crippen MR) is 135 cm³/mol. The Hall–Kier alpha value is -3.78. The number of hydrogen-bond donors (Lipinski definition) is 3. The van der Waals surface area contributed by atoms with Crippen molar-refractivity contribution in [2.75, 3.05) is 36.8 Å². The second-order valence-electron chi connectivity index (χ2n) is 8.69. The minimum Gasteiger partial charge on any atom is -0.385 e. The number of carbonyl (C=O) groups is 1. The first-order valence-electron chi connectivity index (χ1n) is 11.8. The molecule has 4 aromatic rings. The van der Waals surface area contributed by atoms with Crippen LogP contribution >= 0.6 is 0 Å². The molecule has 1 saturated heterocycles. The molecule has 1 aliphatic rings. The van der Waals surface area contributed by atoms with Crippen LogP contribution in [0.4, 0.5) is 11.4 Å². The van der Waals surface area contributed by atoms with Gasteiger partial charge in [-0.3, -0.25) is 9.78 Å². The fourth-order valence-corrected chi connectivity index (χ4v) is 4.31. The Bertz CT molecular complexity index is 1280. The van der Waals surface area contributed by atoms with Gasteiger partial charge in [-0.15, -0.1) is 0 Å². The van der Waals surface area contributed by atoms with Crippen molar-refractivity contribution in [3.8, 4) is 11.4 Å². The Labute approximate surface area is 198 Å². The van der Waals surface area contributed by atoms with Gasteiger partial charge in [0, 0.05) is 30.2 Å². The Kier molecular flexibility index (Phi) is 6.49. The van der Waals surface area contributed by atoms with Gasteiger partial charge in [0.05, 0.1) is 23.0 Å². The van der Waals surface area contributed by atoms with Crippen molar-refractivity contribution in [3.63, 3.8) is 0 Å². The standard InChI is InChI=1S/C26H29N7O/c1-18-9-12-27-17-22(18)30-26(34)21-10-13-29-25-23(21)31-24(32-25)19-5-7-20(8-6-19)28-11-4-16-33-14-2-3-15-33/h5-10,12-13,17,28H,2-4,11,14-16H2,1H3,(H,30,34)(H,29,31,32). The number of rotatable bonds is 8. The molecule has 3 aromatic heterocycles. The van der Waals surface area contributed by atoms with Crippen LogP contribution in [0.2, 0.25) is 0 Å². The third-order valence-electron chi connectivity index (χ3n) is 6.26. The summed E-state index contributed by atoms with van der Waals surface area (Å²) in [6.45, 7) is 6.54. The van der Waals surface area contributed by atoms with Crippen molar-refractivity contribution in [2.24, 2.45) is 0 Å². The number of aromatic nitrogens is 4. The number of fused-ring (bicyclic) bond motifs is 1. The quantitative estimate of drug-likeness (QED) is 0.339. The number of benzene rings is 1. The van der Waals surface area contributed by atoms with Crippen LogP contribution in [0.25, 0.3) is 22.6 Å². The highest BCUT2D eigenvalue weighted by molar-refractivity contribution is 6.11. The first-order valence-corrected chi connectivity index (χ1v) is 11.8. The molecule has 5 rings (SSSR count). The third kappa shape index (κ3) is 4.92. The second-order valence-corrected chi connectivity index (χ2v) is 8.69. The minimum absolute atomic E-state index is 0.229. The third-order valence-corrected chi connectivity index (χ3v) is 6.26. The van der Waals surface area contributed by atoms with E-state index in [0.29, 0.717) is 28.2 Å². The molecule has 4 heterocycles. The summed E-state index contributed by atoms with van der Waals surface area (Å²) in [5, 5.41) is 6.43. The Morgan fingerprint density at radius 2 is 1.91 bits per heavy atom. The van der Waals surface area contributed by atoms with Crippen molar-refractivity contribution < 1.29 is 4.79 Å². The van der Waals surface area contributed by atoms with Gasteiger partial charge >= 0.3 is 0 Å². The van der Waals surface area contributed by atoms with E-state index in [-0.39, 0.29) is 5.91 Å². The average molecular weight is 456 g/mol. The number of likely N-dealkylation sites (tertiary alicyclic amines) is 1. The zero-order valence-corrected chi connectivity index (χ0v) is 19.3. The molecule has 174 valence electrons. The fourth-order valence-electron chi connectivity index (χ4n) is 4.31. The smallest absolute Gasteiger partial charge is 0.258 e. The SMILES string of the molecule is Cc1ccncc1NC(=O)c1ccnc2nc(-c3ccc(NCCCN4CCCC4)cc3)[nH]c12. The first-order chi connectivity index (χ1) is 16.7. The molecule has 0 atom stereocenters. The minimum atomic E-state index is -0.229. The van der Waals surface area contributed by atoms with E-state index in [9.17, 15) is 4.79 Å². The topological polar surface area (TPSA) is 98.8 Å². The van der Waals surface area contributed by atoms with Crippen LogP contribution in [0.5, 0.6) is 0 Å². The van der Waals surface area contributed by atoms with E-state index in [0.717, 1.165) is 36.3 Å². The van der Waals surface area contributed by atoms with Crippen LogP contribution in [0.15, 0.2) is 55.0 Å². The van der Waals surface area contributed by atoms with Crippen molar-refractivity contribution in [3.05, 3.63) is 66.1 Å². The molecule has 0 unspecified atom stereocenters. The van der Waals surface area contributed by atoms with Crippen LogP contribution in [-0.4, -0.2) is 56.9 Å². The number of carbonyl (C=O) groups excluding carboxylic acids is 1. The molecular weight excluding hydrogens is 426 g/mol. The Morgan fingerprint density at radius 3 is 2.71 bits per heavy atom. The normalized spacial score (nSPS) is 13.9. The largest absolute Gasteiger partial charge is 0.385 e. The van der Waals surface area contributed by atoms with Crippen LogP contribution in [-0.2, 0) is 0 Å². The molecule has 1 aliphatic heterocycles. The maximum atomic E-state index is 13.0. The average Bonchev–Trinajstić information content (AvgIpc) is 3.53. The molecule has 1 amide bonds. The van der Waals surface area contributed by atoms with Crippen molar-refractivity contribution in [1.29, 1.82) is 0 Å². The van der Waals surface area contributed by atoms with E-state index in [2.05, 4.69) is 47.6 Å². The van der Waals surface area contributed by atoms with Crippen LogP contribution in [0.1, 0.15) is 35.2 Å². The highest BCUT2D eigenvalue weighted by Crippen LogP contribution is 2.24. The van der Waals surface area contributed by atoms with Gasteiger partial charge < -0.3 is 20.5 Å². The summed E-state index contributed by atoms with van der Waals surface area (Å²) in [6, 6.07) is 11.7. The van der Waals surface area contributed by atoms with Gasteiger partial charge in [-0.05, 0) is 87.8 Å². The van der Waals surface area contributed by atoms with Crippen LogP contribution in [0, 0.1) is 6.92 Å². The maximum absolute atomic E-state index is 13.0. The molecule has 8 heteroatoms. The van der Waals surface area contributed by atoms with Gasteiger partial charge in [-0.2, -0.15) is 0 Å². The van der Waals surface area contributed by atoms with E-state index in [1.807, 2.05) is 25.1 Å². The number of hydrogen-bond acceptors (Lipinski definition) is 6. The summed E-state index contributed by atoms with van der Waals surface area (Å²) in [4.78, 5) is 31.8. The number of H-pyrrole nitrogens is 1. The number of aromatic amines is 1. The van der Waals surface area contributed by atoms with Crippen LogP contribution < -0.4 is 10.6 Å². The monoisotopic (exact) mass is 455 g/mol. The zero-order valence-electron chi connectivity index (χ0n) is 19.3. The summed E-state index contributed by atoms with van der Waals surface area (Å²) in [6.07, 6.45) is 8.76. The number of nitrogens with one attached hydrogen (secondary N) is 3. The lowest BCUT2D eigenvalue weighted by atomic mass is 10.2. The van der Waals surface area contributed by atoms with Gasteiger partial charge in [0.25, 0.3) is 5.91 Å². The summed E-state index contributed by atoms with van der Waals surface area (Å²) in [5.41, 5.74) is 5.27. The van der Waals surface area contributed by atoms with E-state index in [1.54, 1.807) is 24.7 Å². The molecule has 0 aliphatic carbocycles. The number of amides is 1. The highest BCUT2D eigenvalue weighted by Gasteiger charge is 2.16. The number of anilines is 2. The summed E-state index contributed by atoms with van der Waals surface area (Å²) in [5.74, 6) is 0.452. The Morgan fingerprint density at radius 1 is 1.09 bits per heavy atom. The summed E-state index contributed by atoms with van der Waals surface area (Å²) < 4.78 is 0. The molecular formula is C26H29N7O. The fraction of sp³-hybridized carbons (Fsp3) is 0.308. The molecule has 3 N–H and O–H groups in total. The van der Waals surface area contributed by atoms with Gasteiger partial charge in [0.1, 0.15) is 5.82 Å². The van der Waals surface area contributed by atoms with Crippen molar-refractivity contribution in [1.82, 2.24) is 24.8 Å². The molecule has 1 fully saturated rings.